The zero-order valence-corrected chi connectivity index (χ0v) is 18.0. The number of aromatic nitrogens is 1. The van der Waals surface area contributed by atoms with Crippen molar-refractivity contribution < 1.29 is 27.2 Å². The van der Waals surface area contributed by atoms with E-state index in [1.807, 2.05) is 0 Å². The van der Waals surface area contributed by atoms with Gasteiger partial charge in [-0.1, -0.05) is 28.9 Å². The number of carbonyl (C=O) groups is 1. The summed E-state index contributed by atoms with van der Waals surface area (Å²) in [6, 6.07) is 12.1. The fourth-order valence-corrected chi connectivity index (χ4v) is 4.13. The molecule has 0 saturated carbocycles. The zero-order valence-electron chi connectivity index (χ0n) is 16.5. The van der Waals surface area contributed by atoms with Gasteiger partial charge in [-0.25, -0.2) is 13.2 Å². The van der Waals surface area contributed by atoms with Crippen LogP contribution in [0.3, 0.4) is 0 Å². The molecule has 0 fully saturated rings. The molecule has 0 N–H and O–H groups in total. The van der Waals surface area contributed by atoms with E-state index in [0.29, 0.717) is 22.9 Å². The predicted molar refractivity (Wildman–Crippen MR) is 110 cm³/mol. The number of para-hydroxylation sites is 2. The minimum atomic E-state index is -4.00. The molecule has 8 nitrogen and oxygen atoms in total. The van der Waals surface area contributed by atoms with Gasteiger partial charge in [0.05, 0.1) is 34.0 Å². The van der Waals surface area contributed by atoms with E-state index in [9.17, 15) is 13.2 Å². The Balaban J connectivity index is 1.88. The summed E-state index contributed by atoms with van der Waals surface area (Å²) in [5.41, 5.74) is 0.911. The first-order chi connectivity index (χ1) is 14.2. The molecule has 0 bridgehead atoms. The van der Waals surface area contributed by atoms with Crippen molar-refractivity contribution in [2.24, 2.45) is 0 Å². The number of sulfonamides is 1. The largest absolute Gasteiger partial charge is 0.495 e. The molecule has 30 heavy (non-hydrogen) atoms. The first-order valence-electron chi connectivity index (χ1n) is 8.75. The fraction of sp³-hybridized carbons (Fsp3) is 0.200. The molecular weight excluding hydrogens is 432 g/mol. The summed E-state index contributed by atoms with van der Waals surface area (Å²) in [6.45, 7) is 1.58. The maximum Gasteiger partial charge on any atom is 0.340 e. The van der Waals surface area contributed by atoms with E-state index >= 15 is 0 Å². The molecule has 0 aliphatic rings. The molecular formula is C20H19ClN2O6S. The highest BCUT2D eigenvalue weighted by Crippen LogP contribution is 2.32. The number of hydrogen-bond donors (Lipinski definition) is 0. The highest BCUT2D eigenvalue weighted by Gasteiger charge is 2.26. The van der Waals surface area contributed by atoms with Crippen LogP contribution < -0.4 is 9.04 Å². The number of benzene rings is 2. The number of esters is 1. The summed E-state index contributed by atoms with van der Waals surface area (Å²) in [6.07, 6.45) is 0. The summed E-state index contributed by atoms with van der Waals surface area (Å²) in [5, 5.41) is 3.77. The number of methoxy groups -OCH3 is 1. The van der Waals surface area contributed by atoms with E-state index in [2.05, 4.69) is 5.16 Å². The summed E-state index contributed by atoms with van der Waals surface area (Å²) in [4.78, 5) is 12.3. The van der Waals surface area contributed by atoms with E-state index in [4.69, 9.17) is 25.6 Å². The molecule has 0 radical (unpaired) electrons. The number of aryl methyl sites for hydroxylation is 1. The van der Waals surface area contributed by atoms with E-state index in [1.54, 1.807) is 37.3 Å². The van der Waals surface area contributed by atoms with Gasteiger partial charge in [0.1, 0.15) is 5.75 Å². The number of carbonyl (C=O) groups excluding carboxylic acids is 1. The standard InChI is InChI=1S/C20H19ClN2O6S/c1-13-10-14(29-22-13)12-28-20(24)16-11-15(8-9-17(16)21)30(25,26)23(2)18-6-4-5-7-19(18)27-3/h4-11H,12H2,1-3H3. The van der Waals surface area contributed by atoms with E-state index in [1.165, 1.54) is 32.4 Å². The summed E-state index contributed by atoms with van der Waals surface area (Å²) >= 11 is 6.11. The fourth-order valence-electron chi connectivity index (χ4n) is 2.70. The normalized spacial score (nSPS) is 11.2. The highest BCUT2D eigenvalue weighted by molar-refractivity contribution is 7.92. The van der Waals surface area contributed by atoms with E-state index in [0.717, 1.165) is 4.31 Å². The van der Waals surface area contributed by atoms with E-state index in [-0.39, 0.29) is 22.1 Å². The molecule has 3 aromatic rings. The number of halogens is 1. The summed E-state index contributed by atoms with van der Waals surface area (Å²) < 4.78 is 42.7. The van der Waals surface area contributed by atoms with Crippen LogP contribution in [0.25, 0.3) is 0 Å². The smallest absolute Gasteiger partial charge is 0.340 e. The van der Waals surface area contributed by atoms with Gasteiger partial charge in [0.15, 0.2) is 12.4 Å². The van der Waals surface area contributed by atoms with Crippen molar-refractivity contribution >= 4 is 33.3 Å². The van der Waals surface area contributed by atoms with Gasteiger partial charge in [-0.3, -0.25) is 4.31 Å². The minimum Gasteiger partial charge on any atom is -0.495 e. The van der Waals surface area contributed by atoms with Crippen molar-refractivity contribution in [2.75, 3.05) is 18.5 Å². The number of nitrogens with zero attached hydrogens (tertiary/aromatic N) is 2. The van der Waals surface area contributed by atoms with Crippen molar-refractivity contribution in [1.82, 2.24) is 5.16 Å². The summed E-state index contributed by atoms with van der Waals surface area (Å²) in [7, 11) is -1.16. The van der Waals surface area contributed by atoms with Crippen molar-refractivity contribution in [3.05, 3.63) is 70.6 Å². The summed E-state index contributed by atoms with van der Waals surface area (Å²) in [5.74, 6) is -0.0396. The Hall–Kier alpha value is -3.04. The zero-order chi connectivity index (χ0) is 21.9. The topological polar surface area (TPSA) is 98.9 Å². The second kappa shape index (κ2) is 8.76. The molecule has 0 saturated heterocycles. The quantitative estimate of drug-likeness (QED) is 0.504. The average molecular weight is 451 g/mol. The average Bonchev–Trinajstić information content (AvgIpc) is 3.16. The van der Waals surface area contributed by atoms with Crippen LogP contribution in [0.15, 0.2) is 57.9 Å². The molecule has 158 valence electrons. The van der Waals surface area contributed by atoms with Crippen LogP contribution in [0.4, 0.5) is 5.69 Å². The molecule has 0 atom stereocenters. The molecule has 1 aromatic heterocycles. The number of hydrogen-bond acceptors (Lipinski definition) is 7. The molecule has 1 heterocycles. The van der Waals surface area contributed by atoms with Crippen molar-refractivity contribution in [2.45, 2.75) is 18.4 Å². The van der Waals surface area contributed by atoms with Gasteiger partial charge in [-0.2, -0.15) is 0 Å². The monoisotopic (exact) mass is 450 g/mol. The Kier molecular flexibility index (Phi) is 6.33. The lowest BCUT2D eigenvalue weighted by atomic mass is 10.2. The van der Waals surface area contributed by atoms with Gasteiger partial charge < -0.3 is 14.0 Å². The third kappa shape index (κ3) is 4.42. The third-order valence-electron chi connectivity index (χ3n) is 4.26. The van der Waals surface area contributed by atoms with Gasteiger partial charge in [-0.05, 0) is 37.3 Å². The Labute approximate surface area is 179 Å². The Morgan fingerprint density at radius 2 is 1.93 bits per heavy atom. The predicted octanol–water partition coefficient (Wildman–Crippen LogP) is 3.83. The Bertz CT molecular complexity index is 1180. The van der Waals surface area contributed by atoms with Gasteiger partial charge in [-0.15, -0.1) is 0 Å². The Morgan fingerprint density at radius 1 is 1.20 bits per heavy atom. The van der Waals surface area contributed by atoms with Crippen molar-refractivity contribution in [3.63, 3.8) is 0 Å². The highest BCUT2D eigenvalue weighted by atomic mass is 35.5. The lowest BCUT2D eigenvalue weighted by Crippen LogP contribution is -2.27. The molecule has 2 aromatic carbocycles. The van der Waals surface area contributed by atoms with Gasteiger partial charge in [0.25, 0.3) is 10.0 Å². The molecule has 0 spiro atoms. The first kappa shape index (κ1) is 21.7. The van der Waals surface area contributed by atoms with E-state index < -0.39 is 16.0 Å². The number of anilines is 1. The third-order valence-corrected chi connectivity index (χ3v) is 6.36. The maximum atomic E-state index is 13.1. The van der Waals surface area contributed by atoms with Gasteiger partial charge in [0.2, 0.25) is 0 Å². The van der Waals surface area contributed by atoms with Crippen LogP contribution in [0, 0.1) is 6.92 Å². The first-order valence-corrected chi connectivity index (χ1v) is 10.6. The Morgan fingerprint density at radius 3 is 2.60 bits per heavy atom. The maximum absolute atomic E-state index is 13.1. The van der Waals surface area contributed by atoms with Gasteiger partial charge in [0, 0.05) is 13.1 Å². The second-order valence-electron chi connectivity index (χ2n) is 6.30. The minimum absolute atomic E-state index is 0.0626. The van der Waals surface area contributed by atoms with Crippen LogP contribution in [-0.2, 0) is 21.4 Å². The van der Waals surface area contributed by atoms with Crippen LogP contribution >= 0.6 is 11.6 Å². The SMILES string of the molecule is COc1ccccc1N(C)S(=O)(=O)c1ccc(Cl)c(C(=O)OCc2cc(C)no2)c1. The lowest BCUT2D eigenvalue weighted by Gasteiger charge is -2.22. The molecule has 0 unspecified atom stereocenters. The lowest BCUT2D eigenvalue weighted by molar-refractivity contribution is 0.0437. The van der Waals surface area contributed by atoms with Crippen molar-refractivity contribution in [3.8, 4) is 5.75 Å². The van der Waals surface area contributed by atoms with Crippen LogP contribution in [-0.4, -0.2) is 33.7 Å². The second-order valence-corrected chi connectivity index (χ2v) is 8.67. The number of rotatable bonds is 7. The number of ether oxygens (including phenoxy) is 2. The van der Waals surface area contributed by atoms with Crippen molar-refractivity contribution in [1.29, 1.82) is 0 Å². The van der Waals surface area contributed by atoms with Crippen LogP contribution in [0.5, 0.6) is 5.75 Å². The molecule has 10 heteroatoms. The molecule has 3 rings (SSSR count). The molecule has 0 aliphatic heterocycles. The van der Waals surface area contributed by atoms with Gasteiger partial charge >= 0.3 is 5.97 Å². The van der Waals surface area contributed by atoms with Crippen LogP contribution in [0.1, 0.15) is 21.8 Å². The molecule has 0 aliphatic carbocycles. The molecule has 0 amide bonds. The van der Waals surface area contributed by atoms with Crippen LogP contribution in [0.2, 0.25) is 5.02 Å².